The number of hydrogen-bond acceptors (Lipinski definition) is 4. The molecule has 1 unspecified atom stereocenters. The highest BCUT2D eigenvalue weighted by Gasteiger charge is 2.20. The Balaban J connectivity index is 1.70. The van der Waals surface area contributed by atoms with Gasteiger partial charge in [0.05, 0.1) is 11.8 Å². The number of rotatable bonds is 3. The SMILES string of the molecule is OC1CCN(Cc2csc(-c3ccccc3)n2)C1. The van der Waals surface area contributed by atoms with E-state index in [4.69, 9.17) is 0 Å². The quantitative estimate of drug-likeness (QED) is 0.920. The summed E-state index contributed by atoms with van der Waals surface area (Å²) in [5, 5.41) is 12.7. The number of benzene rings is 1. The third kappa shape index (κ3) is 2.61. The Labute approximate surface area is 111 Å². The van der Waals surface area contributed by atoms with E-state index in [9.17, 15) is 5.11 Å². The molecule has 2 heterocycles. The molecule has 1 aromatic carbocycles. The number of thiazole rings is 1. The Bertz CT molecular complexity index is 512. The maximum absolute atomic E-state index is 9.50. The summed E-state index contributed by atoms with van der Waals surface area (Å²) in [5.74, 6) is 0. The van der Waals surface area contributed by atoms with E-state index in [-0.39, 0.29) is 6.10 Å². The van der Waals surface area contributed by atoms with E-state index in [0.29, 0.717) is 0 Å². The van der Waals surface area contributed by atoms with Crippen LogP contribution in [0.25, 0.3) is 10.6 Å². The van der Waals surface area contributed by atoms with Crippen LogP contribution in [0.15, 0.2) is 35.7 Å². The standard InChI is InChI=1S/C14H16N2OS/c17-13-6-7-16(9-13)8-12-10-18-14(15-12)11-4-2-1-3-5-11/h1-5,10,13,17H,6-9H2. The molecule has 0 amide bonds. The molecule has 18 heavy (non-hydrogen) atoms. The van der Waals surface area contributed by atoms with E-state index in [0.717, 1.165) is 36.8 Å². The molecule has 1 atom stereocenters. The van der Waals surface area contributed by atoms with Crippen LogP contribution >= 0.6 is 11.3 Å². The van der Waals surface area contributed by atoms with Crippen molar-refractivity contribution in [2.75, 3.05) is 13.1 Å². The molecule has 1 fully saturated rings. The molecule has 94 valence electrons. The number of aromatic nitrogens is 1. The normalized spacial score (nSPS) is 20.4. The van der Waals surface area contributed by atoms with Crippen molar-refractivity contribution in [2.45, 2.75) is 19.1 Å². The number of aliphatic hydroxyl groups excluding tert-OH is 1. The molecule has 1 N–H and O–H groups in total. The smallest absolute Gasteiger partial charge is 0.123 e. The highest BCUT2D eigenvalue weighted by molar-refractivity contribution is 7.13. The fourth-order valence-electron chi connectivity index (χ4n) is 2.28. The van der Waals surface area contributed by atoms with Crippen LogP contribution < -0.4 is 0 Å². The highest BCUT2D eigenvalue weighted by Crippen LogP contribution is 2.24. The van der Waals surface area contributed by atoms with Gasteiger partial charge < -0.3 is 5.11 Å². The molecule has 0 aliphatic carbocycles. The van der Waals surface area contributed by atoms with Crippen molar-refractivity contribution in [3.05, 3.63) is 41.4 Å². The van der Waals surface area contributed by atoms with E-state index >= 15 is 0 Å². The second-order valence-electron chi connectivity index (χ2n) is 4.69. The van der Waals surface area contributed by atoms with Crippen LogP contribution in [0.5, 0.6) is 0 Å². The van der Waals surface area contributed by atoms with Gasteiger partial charge in [0.2, 0.25) is 0 Å². The van der Waals surface area contributed by atoms with Crippen LogP contribution in [0.3, 0.4) is 0 Å². The van der Waals surface area contributed by atoms with E-state index in [2.05, 4.69) is 27.4 Å². The fraction of sp³-hybridized carbons (Fsp3) is 0.357. The first-order chi connectivity index (χ1) is 8.81. The zero-order valence-corrected chi connectivity index (χ0v) is 10.9. The molecule has 2 aromatic rings. The van der Waals surface area contributed by atoms with Crippen molar-refractivity contribution in [3.8, 4) is 10.6 Å². The summed E-state index contributed by atoms with van der Waals surface area (Å²) in [4.78, 5) is 6.92. The van der Waals surface area contributed by atoms with Gasteiger partial charge in [-0.1, -0.05) is 30.3 Å². The molecule has 0 spiro atoms. The van der Waals surface area contributed by atoms with Gasteiger partial charge in [-0.25, -0.2) is 4.98 Å². The first-order valence-electron chi connectivity index (χ1n) is 6.21. The van der Waals surface area contributed by atoms with E-state index in [1.807, 2.05) is 18.2 Å². The minimum Gasteiger partial charge on any atom is -0.392 e. The largest absolute Gasteiger partial charge is 0.392 e. The van der Waals surface area contributed by atoms with Crippen molar-refractivity contribution in [1.29, 1.82) is 0 Å². The Hall–Kier alpha value is -1.23. The summed E-state index contributed by atoms with van der Waals surface area (Å²) < 4.78 is 0. The van der Waals surface area contributed by atoms with Crippen LogP contribution in [0.1, 0.15) is 12.1 Å². The maximum Gasteiger partial charge on any atom is 0.123 e. The molecule has 1 aromatic heterocycles. The molecule has 4 heteroatoms. The maximum atomic E-state index is 9.50. The molecule has 0 bridgehead atoms. The summed E-state index contributed by atoms with van der Waals surface area (Å²) in [7, 11) is 0. The second kappa shape index (κ2) is 5.18. The lowest BCUT2D eigenvalue weighted by Crippen LogP contribution is -2.21. The van der Waals surface area contributed by atoms with Crippen LogP contribution in [-0.2, 0) is 6.54 Å². The summed E-state index contributed by atoms with van der Waals surface area (Å²) in [6, 6.07) is 10.3. The molecule has 1 aliphatic rings. The highest BCUT2D eigenvalue weighted by atomic mass is 32.1. The van der Waals surface area contributed by atoms with Crippen LogP contribution in [0, 0.1) is 0 Å². The lowest BCUT2D eigenvalue weighted by molar-refractivity contribution is 0.174. The predicted octanol–water partition coefficient (Wildman–Crippen LogP) is 2.38. The molecule has 3 nitrogen and oxygen atoms in total. The van der Waals surface area contributed by atoms with Crippen LogP contribution in [0.2, 0.25) is 0 Å². The predicted molar refractivity (Wildman–Crippen MR) is 73.5 cm³/mol. The Kier molecular flexibility index (Phi) is 3.41. The topological polar surface area (TPSA) is 36.4 Å². The lowest BCUT2D eigenvalue weighted by Gasteiger charge is -2.12. The van der Waals surface area contributed by atoms with Gasteiger partial charge in [0.15, 0.2) is 0 Å². The van der Waals surface area contributed by atoms with Gasteiger partial charge in [0, 0.05) is 30.6 Å². The summed E-state index contributed by atoms with van der Waals surface area (Å²) in [5.41, 5.74) is 2.28. The molecule has 1 saturated heterocycles. The molecule has 0 saturated carbocycles. The van der Waals surface area contributed by atoms with Gasteiger partial charge in [-0.05, 0) is 6.42 Å². The zero-order chi connectivity index (χ0) is 12.4. The van der Waals surface area contributed by atoms with Gasteiger partial charge in [-0.15, -0.1) is 11.3 Å². The van der Waals surface area contributed by atoms with Gasteiger partial charge in [0.25, 0.3) is 0 Å². The Morgan fingerprint density at radius 1 is 1.33 bits per heavy atom. The van der Waals surface area contributed by atoms with Crippen molar-refractivity contribution in [1.82, 2.24) is 9.88 Å². The van der Waals surface area contributed by atoms with Crippen molar-refractivity contribution in [2.24, 2.45) is 0 Å². The number of aliphatic hydroxyl groups is 1. The summed E-state index contributed by atoms with van der Waals surface area (Å²) in [6.07, 6.45) is 0.729. The number of β-amino-alcohol motifs (C(OH)–C–C–N with tert-alkyl or cyclic N) is 1. The fourth-order valence-corrected chi connectivity index (χ4v) is 3.09. The number of likely N-dealkylation sites (tertiary alicyclic amines) is 1. The van der Waals surface area contributed by atoms with E-state index in [1.54, 1.807) is 11.3 Å². The Morgan fingerprint density at radius 2 is 2.17 bits per heavy atom. The van der Waals surface area contributed by atoms with E-state index < -0.39 is 0 Å². The zero-order valence-electron chi connectivity index (χ0n) is 10.1. The minimum atomic E-state index is -0.155. The average molecular weight is 260 g/mol. The third-order valence-electron chi connectivity index (χ3n) is 3.21. The third-order valence-corrected chi connectivity index (χ3v) is 4.15. The van der Waals surface area contributed by atoms with Gasteiger partial charge in [0.1, 0.15) is 5.01 Å². The lowest BCUT2D eigenvalue weighted by atomic mass is 10.2. The van der Waals surface area contributed by atoms with Gasteiger partial charge in [-0.2, -0.15) is 0 Å². The summed E-state index contributed by atoms with van der Waals surface area (Å²) >= 11 is 1.69. The van der Waals surface area contributed by atoms with Crippen molar-refractivity contribution >= 4 is 11.3 Å². The number of nitrogens with zero attached hydrogens (tertiary/aromatic N) is 2. The molecular weight excluding hydrogens is 244 g/mol. The summed E-state index contributed by atoms with van der Waals surface area (Å²) in [6.45, 7) is 2.60. The second-order valence-corrected chi connectivity index (χ2v) is 5.55. The van der Waals surface area contributed by atoms with E-state index in [1.165, 1.54) is 5.56 Å². The van der Waals surface area contributed by atoms with Crippen molar-refractivity contribution in [3.63, 3.8) is 0 Å². The van der Waals surface area contributed by atoms with Gasteiger partial charge >= 0.3 is 0 Å². The monoisotopic (exact) mass is 260 g/mol. The van der Waals surface area contributed by atoms with Gasteiger partial charge in [-0.3, -0.25) is 4.90 Å². The first-order valence-corrected chi connectivity index (χ1v) is 7.09. The minimum absolute atomic E-state index is 0.155. The first kappa shape index (κ1) is 11.8. The molecular formula is C14H16N2OS. The van der Waals surface area contributed by atoms with Crippen molar-refractivity contribution < 1.29 is 5.11 Å². The Morgan fingerprint density at radius 3 is 2.89 bits per heavy atom. The van der Waals surface area contributed by atoms with Crippen LogP contribution in [-0.4, -0.2) is 34.2 Å². The molecule has 3 rings (SSSR count). The number of hydrogen-bond donors (Lipinski definition) is 1. The van der Waals surface area contributed by atoms with Crippen LogP contribution in [0.4, 0.5) is 0 Å². The molecule has 1 aliphatic heterocycles. The molecule has 0 radical (unpaired) electrons. The average Bonchev–Trinajstić information content (AvgIpc) is 3.01.